The van der Waals surface area contributed by atoms with E-state index in [1.54, 1.807) is 35.0 Å². The molecule has 3 aromatic rings. The van der Waals surface area contributed by atoms with E-state index in [-0.39, 0.29) is 35.2 Å². The second kappa shape index (κ2) is 7.34. The maximum absolute atomic E-state index is 13.0. The standard InChI is InChI=1S/C22H17ClF3NO2/c23-19-8-4-13(12-18(19)22(24,25)26)5-9-20(28)16-2-1-3-17-15(16)10-11-27(21(17)29)14-6-7-14/h1-4,8,10-12,14H,5-7,9H2. The molecule has 2 aromatic carbocycles. The Bertz CT molecular complexity index is 1160. The molecule has 1 heterocycles. The van der Waals surface area contributed by atoms with Gasteiger partial charge in [-0.2, -0.15) is 13.2 Å². The van der Waals surface area contributed by atoms with Crippen molar-refractivity contribution in [1.29, 1.82) is 0 Å². The molecule has 4 rings (SSSR count). The molecule has 29 heavy (non-hydrogen) atoms. The molecular formula is C22H17ClF3NO2. The van der Waals surface area contributed by atoms with Crippen molar-refractivity contribution in [2.75, 3.05) is 0 Å². The Hall–Kier alpha value is -2.60. The third-order valence-electron chi connectivity index (χ3n) is 5.19. The van der Waals surface area contributed by atoms with Crippen LogP contribution < -0.4 is 5.56 Å². The van der Waals surface area contributed by atoms with Crippen LogP contribution in [0.25, 0.3) is 10.8 Å². The predicted molar refractivity (Wildman–Crippen MR) is 106 cm³/mol. The smallest absolute Gasteiger partial charge is 0.312 e. The summed E-state index contributed by atoms with van der Waals surface area (Å²) < 4.78 is 40.7. The minimum absolute atomic E-state index is 0.0315. The quantitative estimate of drug-likeness (QED) is 0.488. The number of nitrogens with zero attached hydrogens (tertiary/aromatic N) is 1. The summed E-state index contributed by atoms with van der Waals surface area (Å²) in [4.78, 5) is 25.4. The lowest BCUT2D eigenvalue weighted by molar-refractivity contribution is -0.137. The van der Waals surface area contributed by atoms with Crippen LogP contribution in [-0.4, -0.2) is 10.4 Å². The van der Waals surface area contributed by atoms with E-state index in [1.807, 2.05) is 0 Å². The van der Waals surface area contributed by atoms with E-state index in [0.717, 1.165) is 18.9 Å². The van der Waals surface area contributed by atoms with E-state index >= 15 is 0 Å². The average molecular weight is 420 g/mol. The number of Topliss-reactive ketones (excluding diaryl/α,β-unsaturated/α-hetero) is 1. The predicted octanol–water partition coefficient (Wildman–Crippen LogP) is 5.82. The monoisotopic (exact) mass is 419 g/mol. The number of aromatic nitrogens is 1. The minimum atomic E-state index is -4.55. The number of aryl methyl sites for hydroxylation is 1. The second-order valence-electron chi connectivity index (χ2n) is 7.26. The van der Waals surface area contributed by atoms with Crippen molar-refractivity contribution in [1.82, 2.24) is 4.57 Å². The van der Waals surface area contributed by atoms with E-state index < -0.39 is 11.7 Å². The van der Waals surface area contributed by atoms with Gasteiger partial charge in [0.1, 0.15) is 0 Å². The summed E-state index contributed by atoms with van der Waals surface area (Å²) in [5.41, 5.74) is -0.235. The maximum Gasteiger partial charge on any atom is 0.417 e. The Morgan fingerprint density at radius 1 is 1.10 bits per heavy atom. The average Bonchev–Trinajstić information content (AvgIpc) is 3.51. The van der Waals surface area contributed by atoms with Gasteiger partial charge in [0.25, 0.3) is 5.56 Å². The van der Waals surface area contributed by atoms with Crippen LogP contribution >= 0.6 is 11.6 Å². The summed E-state index contributed by atoms with van der Waals surface area (Å²) in [6.45, 7) is 0. The molecule has 0 N–H and O–H groups in total. The van der Waals surface area contributed by atoms with Crippen LogP contribution in [0.4, 0.5) is 13.2 Å². The van der Waals surface area contributed by atoms with E-state index in [4.69, 9.17) is 11.6 Å². The van der Waals surface area contributed by atoms with Gasteiger partial charge in [-0.3, -0.25) is 9.59 Å². The molecular weight excluding hydrogens is 403 g/mol. The Labute approximate surface area is 169 Å². The molecule has 1 fully saturated rings. The SMILES string of the molecule is O=C(CCc1ccc(Cl)c(C(F)(F)F)c1)c1cccc2c(=O)n(C3CC3)ccc12. The number of pyridine rings is 1. The number of rotatable bonds is 5. The zero-order valence-corrected chi connectivity index (χ0v) is 16.1. The highest BCUT2D eigenvalue weighted by Gasteiger charge is 2.33. The van der Waals surface area contributed by atoms with Crippen LogP contribution in [0.3, 0.4) is 0 Å². The van der Waals surface area contributed by atoms with Gasteiger partial charge in [0, 0.05) is 29.6 Å². The van der Waals surface area contributed by atoms with E-state index in [0.29, 0.717) is 21.9 Å². The first kappa shape index (κ1) is 19.7. The Balaban J connectivity index is 1.59. The topological polar surface area (TPSA) is 39.1 Å². The molecule has 0 atom stereocenters. The first-order valence-electron chi connectivity index (χ1n) is 9.28. The van der Waals surface area contributed by atoms with Gasteiger partial charge in [0.05, 0.1) is 10.6 Å². The highest BCUT2D eigenvalue weighted by atomic mass is 35.5. The highest BCUT2D eigenvalue weighted by Crippen LogP contribution is 2.36. The zero-order chi connectivity index (χ0) is 20.8. The van der Waals surface area contributed by atoms with Crippen LogP contribution in [0.5, 0.6) is 0 Å². The molecule has 150 valence electrons. The fraction of sp³-hybridized carbons (Fsp3) is 0.273. The molecule has 1 aromatic heterocycles. The van der Waals surface area contributed by atoms with Gasteiger partial charge in [-0.1, -0.05) is 29.8 Å². The molecule has 0 spiro atoms. The lowest BCUT2D eigenvalue weighted by Crippen LogP contribution is -2.19. The number of halogens is 4. The number of alkyl halides is 3. The second-order valence-corrected chi connectivity index (χ2v) is 7.67. The van der Waals surface area contributed by atoms with Crippen LogP contribution in [-0.2, 0) is 12.6 Å². The third-order valence-corrected chi connectivity index (χ3v) is 5.52. The molecule has 1 aliphatic carbocycles. The molecule has 0 bridgehead atoms. The number of carbonyl (C=O) groups is 1. The molecule has 0 radical (unpaired) electrons. The maximum atomic E-state index is 13.0. The molecule has 7 heteroatoms. The molecule has 0 aliphatic heterocycles. The summed E-state index contributed by atoms with van der Waals surface area (Å²) in [5, 5.41) is 0.691. The van der Waals surface area contributed by atoms with Gasteiger partial charge in [-0.15, -0.1) is 0 Å². The number of fused-ring (bicyclic) bond motifs is 1. The fourth-order valence-corrected chi connectivity index (χ4v) is 3.74. The number of ketones is 1. The molecule has 3 nitrogen and oxygen atoms in total. The van der Waals surface area contributed by atoms with Gasteiger partial charge in [0.2, 0.25) is 0 Å². The first-order chi connectivity index (χ1) is 13.8. The molecule has 0 saturated heterocycles. The van der Waals surface area contributed by atoms with Crippen molar-refractivity contribution in [3.05, 3.63) is 80.7 Å². The van der Waals surface area contributed by atoms with Crippen LogP contribution in [0.15, 0.2) is 53.5 Å². The van der Waals surface area contributed by atoms with E-state index in [2.05, 4.69) is 0 Å². The summed E-state index contributed by atoms with van der Waals surface area (Å²) in [7, 11) is 0. The lowest BCUT2D eigenvalue weighted by atomic mass is 9.97. The highest BCUT2D eigenvalue weighted by molar-refractivity contribution is 6.31. The molecule has 0 unspecified atom stereocenters. The summed E-state index contributed by atoms with van der Waals surface area (Å²) in [6, 6.07) is 10.7. The van der Waals surface area contributed by atoms with Crippen molar-refractivity contribution in [3.63, 3.8) is 0 Å². The van der Waals surface area contributed by atoms with Gasteiger partial charge >= 0.3 is 6.18 Å². The first-order valence-corrected chi connectivity index (χ1v) is 9.66. The lowest BCUT2D eigenvalue weighted by Gasteiger charge is -2.11. The van der Waals surface area contributed by atoms with E-state index in [9.17, 15) is 22.8 Å². The van der Waals surface area contributed by atoms with Crippen molar-refractivity contribution in [2.45, 2.75) is 37.9 Å². The number of hydrogen-bond acceptors (Lipinski definition) is 2. The van der Waals surface area contributed by atoms with Gasteiger partial charge in [-0.05, 0) is 54.5 Å². The zero-order valence-electron chi connectivity index (χ0n) is 15.3. The van der Waals surface area contributed by atoms with Gasteiger partial charge < -0.3 is 4.57 Å². The van der Waals surface area contributed by atoms with Gasteiger partial charge in [-0.25, -0.2) is 0 Å². The Kier molecular flexibility index (Phi) is 4.99. The van der Waals surface area contributed by atoms with E-state index in [1.165, 1.54) is 12.1 Å². The minimum Gasteiger partial charge on any atom is -0.312 e. The Morgan fingerprint density at radius 3 is 2.55 bits per heavy atom. The number of carbonyl (C=O) groups excluding carboxylic acids is 1. The molecule has 0 amide bonds. The molecule has 1 aliphatic rings. The largest absolute Gasteiger partial charge is 0.417 e. The van der Waals surface area contributed by atoms with Crippen LogP contribution in [0, 0.1) is 0 Å². The Morgan fingerprint density at radius 2 is 1.86 bits per heavy atom. The number of hydrogen-bond donors (Lipinski definition) is 0. The molecule has 1 saturated carbocycles. The van der Waals surface area contributed by atoms with Gasteiger partial charge in [0.15, 0.2) is 5.78 Å². The summed E-state index contributed by atoms with van der Waals surface area (Å²) in [6.07, 6.45) is -0.698. The number of benzene rings is 2. The third kappa shape index (κ3) is 3.94. The van der Waals surface area contributed by atoms with Crippen molar-refractivity contribution >= 4 is 28.2 Å². The summed E-state index contributed by atoms with van der Waals surface area (Å²) in [5.74, 6) is -0.220. The van der Waals surface area contributed by atoms with Crippen molar-refractivity contribution < 1.29 is 18.0 Å². The van der Waals surface area contributed by atoms with Crippen LogP contribution in [0.1, 0.15) is 46.8 Å². The van der Waals surface area contributed by atoms with Crippen LogP contribution in [0.2, 0.25) is 5.02 Å². The summed E-state index contributed by atoms with van der Waals surface area (Å²) >= 11 is 5.64. The van der Waals surface area contributed by atoms with Crippen molar-refractivity contribution in [2.24, 2.45) is 0 Å². The fourth-order valence-electron chi connectivity index (χ4n) is 3.51. The normalized spacial score (nSPS) is 14.3. The van der Waals surface area contributed by atoms with Crippen molar-refractivity contribution in [3.8, 4) is 0 Å².